The lowest BCUT2D eigenvalue weighted by Gasteiger charge is -2.13. The van der Waals surface area contributed by atoms with Gasteiger partial charge in [0.2, 0.25) is 11.8 Å². The van der Waals surface area contributed by atoms with Crippen LogP contribution >= 0.6 is 23.4 Å². The van der Waals surface area contributed by atoms with E-state index in [0.717, 1.165) is 11.1 Å². The number of anilines is 1. The van der Waals surface area contributed by atoms with Gasteiger partial charge in [0.05, 0.1) is 34.1 Å². The molecule has 0 atom stereocenters. The van der Waals surface area contributed by atoms with Crippen molar-refractivity contribution in [2.75, 3.05) is 25.6 Å². The van der Waals surface area contributed by atoms with Gasteiger partial charge in [-0.15, -0.1) is 0 Å². The summed E-state index contributed by atoms with van der Waals surface area (Å²) < 4.78 is 16.0. The van der Waals surface area contributed by atoms with Crippen LogP contribution in [0.1, 0.15) is 22.8 Å². The highest BCUT2D eigenvalue weighted by molar-refractivity contribution is 8.18. The molecule has 3 amide bonds. The van der Waals surface area contributed by atoms with Crippen molar-refractivity contribution in [2.24, 2.45) is 0 Å². The third-order valence-electron chi connectivity index (χ3n) is 5.54. The van der Waals surface area contributed by atoms with Crippen LogP contribution in [0.5, 0.6) is 17.4 Å². The first-order valence-electron chi connectivity index (χ1n) is 12.1. The number of thioether (sulfide) groups is 1. The Balaban J connectivity index is 1.46. The number of methoxy groups -OCH3 is 1. The second-order valence-corrected chi connectivity index (χ2v) is 9.76. The average molecular weight is 613 g/mol. The smallest absolute Gasteiger partial charge is 0.339 e. The number of hydrogen-bond acceptors (Lipinski definition) is 11. The van der Waals surface area contributed by atoms with Crippen LogP contribution in [0.4, 0.5) is 16.2 Å². The number of hydrogen-bond donors (Lipinski definition) is 1. The molecular weight excluding hydrogens is 592 g/mol. The van der Waals surface area contributed by atoms with E-state index in [1.54, 1.807) is 25.1 Å². The molecule has 0 radical (unpaired) electrons. The van der Waals surface area contributed by atoms with Crippen molar-refractivity contribution in [2.45, 2.75) is 6.92 Å². The molecule has 1 aliphatic rings. The Morgan fingerprint density at radius 2 is 1.93 bits per heavy atom. The number of nitrogens with zero attached hydrogens (tertiary/aromatic N) is 3. The Kier molecular flexibility index (Phi) is 9.39. The molecular formula is C27H21ClN4O9S. The minimum absolute atomic E-state index is 0.0397. The molecule has 1 fully saturated rings. The fourth-order valence-electron chi connectivity index (χ4n) is 3.62. The predicted molar refractivity (Wildman–Crippen MR) is 153 cm³/mol. The molecule has 0 unspecified atom stereocenters. The number of ether oxygens (including phenoxy) is 3. The number of esters is 1. The second-order valence-electron chi connectivity index (χ2n) is 8.36. The fraction of sp³-hybridized carbons (Fsp3) is 0.148. The molecule has 2 aromatic carbocycles. The van der Waals surface area contributed by atoms with Gasteiger partial charge in [-0.1, -0.05) is 17.7 Å². The highest BCUT2D eigenvalue weighted by Crippen LogP contribution is 2.36. The highest BCUT2D eigenvalue weighted by Gasteiger charge is 2.36. The fourth-order valence-corrected chi connectivity index (χ4v) is 4.65. The molecule has 15 heteroatoms. The van der Waals surface area contributed by atoms with Gasteiger partial charge in [0.15, 0.2) is 11.5 Å². The minimum atomic E-state index is -0.692. The number of nitrogens with one attached hydrogen (secondary N) is 1. The van der Waals surface area contributed by atoms with Gasteiger partial charge in [0.1, 0.15) is 12.7 Å². The van der Waals surface area contributed by atoms with Gasteiger partial charge in [-0.05, 0) is 60.7 Å². The van der Waals surface area contributed by atoms with Crippen LogP contribution in [0.3, 0.4) is 0 Å². The Morgan fingerprint density at radius 3 is 2.60 bits per heavy atom. The number of imide groups is 1. The number of benzene rings is 2. The zero-order valence-corrected chi connectivity index (χ0v) is 23.6. The van der Waals surface area contributed by atoms with Gasteiger partial charge in [-0.25, -0.2) is 9.78 Å². The van der Waals surface area contributed by atoms with Crippen LogP contribution in [0.2, 0.25) is 5.02 Å². The number of halogens is 1. The van der Waals surface area contributed by atoms with Gasteiger partial charge in [-0.2, -0.15) is 0 Å². The van der Waals surface area contributed by atoms with Crippen molar-refractivity contribution < 1.29 is 38.3 Å². The molecule has 0 bridgehead atoms. The molecule has 0 saturated carbocycles. The summed E-state index contributed by atoms with van der Waals surface area (Å²) >= 11 is 6.66. The van der Waals surface area contributed by atoms with Crippen molar-refractivity contribution in [3.63, 3.8) is 0 Å². The van der Waals surface area contributed by atoms with Crippen molar-refractivity contribution in [1.29, 1.82) is 0 Å². The van der Waals surface area contributed by atoms with E-state index in [4.69, 9.17) is 21.1 Å². The zero-order valence-electron chi connectivity index (χ0n) is 22.0. The summed E-state index contributed by atoms with van der Waals surface area (Å²) in [4.78, 5) is 65.1. The van der Waals surface area contributed by atoms with Crippen molar-refractivity contribution in [3.05, 3.63) is 85.9 Å². The maximum absolute atomic E-state index is 13.0. The van der Waals surface area contributed by atoms with Gasteiger partial charge >= 0.3 is 5.97 Å². The van der Waals surface area contributed by atoms with Crippen LogP contribution in [0.25, 0.3) is 6.08 Å². The third-order valence-corrected chi connectivity index (χ3v) is 6.78. The summed E-state index contributed by atoms with van der Waals surface area (Å²) in [5, 5.41) is 12.9. The topological polar surface area (TPSA) is 167 Å². The summed E-state index contributed by atoms with van der Waals surface area (Å²) in [5.74, 6) is -1.34. The van der Waals surface area contributed by atoms with E-state index in [2.05, 4.69) is 15.0 Å². The lowest BCUT2D eigenvalue weighted by molar-refractivity contribution is -0.385. The number of aromatic nitrogens is 1. The molecule has 3 aromatic rings. The number of carbonyl (C=O) groups excluding carboxylic acids is 4. The van der Waals surface area contributed by atoms with Crippen LogP contribution in [0.15, 0.2) is 59.6 Å². The first-order valence-corrected chi connectivity index (χ1v) is 13.3. The van der Waals surface area contributed by atoms with E-state index >= 15 is 0 Å². The van der Waals surface area contributed by atoms with Gasteiger partial charge in [0.25, 0.3) is 16.8 Å². The molecule has 4 rings (SSSR count). The first kappa shape index (κ1) is 30.0. The van der Waals surface area contributed by atoms with Crippen molar-refractivity contribution in [3.8, 4) is 17.4 Å². The second kappa shape index (κ2) is 13.1. The van der Waals surface area contributed by atoms with Gasteiger partial charge in [0, 0.05) is 17.8 Å². The SMILES string of the molecule is CCOc1cc(/C=C2\SC(=O)N(CC(=O)Nc3ccc(Cl)c(C(=O)OC)c3)C2=O)ccc1Oc1ccc([N+](=O)[O-])cn1. The number of carbonyl (C=O) groups is 4. The third kappa shape index (κ3) is 7.03. The number of nitro groups is 1. The van der Waals surface area contributed by atoms with Crippen molar-refractivity contribution >= 4 is 63.8 Å². The number of rotatable bonds is 10. The normalized spacial score (nSPS) is 13.7. The van der Waals surface area contributed by atoms with E-state index in [9.17, 15) is 29.3 Å². The van der Waals surface area contributed by atoms with E-state index < -0.39 is 34.5 Å². The quantitative estimate of drug-likeness (QED) is 0.137. The summed E-state index contributed by atoms with van der Waals surface area (Å²) in [7, 11) is 1.19. The first-order chi connectivity index (χ1) is 20.1. The minimum Gasteiger partial charge on any atom is -0.490 e. The Bertz CT molecular complexity index is 1610. The number of amides is 3. The molecule has 0 aliphatic carbocycles. The molecule has 1 N–H and O–H groups in total. The van der Waals surface area contributed by atoms with Crippen LogP contribution in [-0.2, 0) is 14.3 Å². The van der Waals surface area contributed by atoms with Crippen molar-refractivity contribution in [1.82, 2.24) is 9.88 Å². The Hall–Kier alpha value is -4.95. The van der Waals surface area contributed by atoms with Gasteiger partial charge < -0.3 is 19.5 Å². The summed E-state index contributed by atoms with van der Waals surface area (Å²) in [5.41, 5.74) is 0.584. The number of pyridine rings is 1. The molecule has 1 saturated heterocycles. The highest BCUT2D eigenvalue weighted by atomic mass is 35.5. The Morgan fingerprint density at radius 1 is 1.14 bits per heavy atom. The van der Waals surface area contributed by atoms with Crippen LogP contribution in [0, 0.1) is 10.1 Å². The molecule has 1 aromatic heterocycles. The van der Waals surface area contributed by atoms with E-state index in [1.165, 1.54) is 43.5 Å². The largest absolute Gasteiger partial charge is 0.490 e. The molecule has 1 aliphatic heterocycles. The standard InChI is InChI=1S/C27H21ClN4O9S/c1-3-40-21-10-15(4-8-20(21)41-24-9-6-17(13-29-24)32(37)38)11-22-25(34)31(27(36)42-22)14-23(33)30-16-5-7-19(28)18(12-16)26(35)39-2/h4-13H,3,14H2,1-2H3,(H,30,33)/b22-11-. The summed E-state index contributed by atoms with van der Waals surface area (Å²) in [6.45, 7) is 1.49. The predicted octanol–water partition coefficient (Wildman–Crippen LogP) is 5.30. The van der Waals surface area contributed by atoms with E-state index in [0.29, 0.717) is 23.1 Å². The van der Waals surface area contributed by atoms with Crippen LogP contribution in [-0.4, -0.2) is 58.1 Å². The molecule has 13 nitrogen and oxygen atoms in total. The maximum Gasteiger partial charge on any atom is 0.339 e. The molecule has 216 valence electrons. The Labute approximate surface area is 247 Å². The maximum atomic E-state index is 13.0. The van der Waals surface area contributed by atoms with Gasteiger partial charge in [-0.3, -0.25) is 29.4 Å². The molecule has 42 heavy (non-hydrogen) atoms. The molecule has 2 heterocycles. The average Bonchev–Trinajstić information content (AvgIpc) is 3.22. The summed E-state index contributed by atoms with van der Waals surface area (Å²) in [6.07, 6.45) is 2.54. The van der Waals surface area contributed by atoms with E-state index in [-0.39, 0.29) is 45.1 Å². The lowest BCUT2D eigenvalue weighted by Crippen LogP contribution is -2.36. The van der Waals surface area contributed by atoms with E-state index in [1.807, 2.05) is 0 Å². The molecule has 0 spiro atoms. The van der Waals surface area contributed by atoms with Crippen LogP contribution < -0.4 is 14.8 Å². The lowest BCUT2D eigenvalue weighted by atomic mass is 10.2. The summed E-state index contributed by atoms with van der Waals surface area (Å²) in [6, 6.07) is 11.5. The zero-order chi connectivity index (χ0) is 30.4. The monoisotopic (exact) mass is 612 g/mol.